The Morgan fingerprint density at radius 3 is 2.67 bits per heavy atom. The molecule has 0 radical (unpaired) electrons. The number of benzene rings is 2. The quantitative estimate of drug-likeness (QED) is 0.635. The first-order valence-corrected chi connectivity index (χ1v) is 8.65. The van der Waals surface area contributed by atoms with Crippen LogP contribution in [-0.2, 0) is 10.2 Å². The van der Waals surface area contributed by atoms with Crippen LogP contribution < -0.4 is 0 Å². The van der Waals surface area contributed by atoms with Gasteiger partial charge in [0.2, 0.25) is 0 Å². The summed E-state index contributed by atoms with van der Waals surface area (Å²) >= 11 is 1.57. The van der Waals surface area contributed by atoms with Gasteiger partial charge in [0.15, 0.2) is 0 Å². The van der Waals surface area contributed by atoms with E-state index in [9.17, 15) is 5.26 Å². The van der Waals surface area contributed by atoms with Crippen LogP contribution in [0.3, 0.4) is 0 Å². The van der Waals surface area contributed by atoms with Gasteiger partial charge < -0.3 is 4.74 Å². The maximum atomic E-state index is 10.2. The lowest BCUT2D eigenvalue weighted by Crippen LogP contribution is -2.38. The summed E-state index contributed by atoms with van der Waals surface area (Å²) < 4.78 is 7.17. The van der Waals surface area contributed by atoms with Crippen LogP contribution in [-0.4, -0.2) is 11.6 Å². The van der Waals surface area contributed by atoms with Crippen LogP contribution in [0.4, 0.5) is 0 Å². The lowest BCUT2D eigenvalue weighted by atomic mass is 9.74. The summed E-state index contributed by atoms with van der Waals surface area (Å²) in [6.07, 6.45) is 0.234. The zero-order valence-electron chi connectivity index (χ0n) is 13.1. The molecule has 3 aromatic rings. The molecule has 1 aromatic heterocycles. The molecular weight excluding hydrogens is 316 g/mol. The second-order valence-corrected chi connectivity index (χ2v) is 7.13. The molecule has 2 atom stereocenters. The first kappa shape index (κ1) is 15.1. The first-order valence-electron chi connectivity index (χ1n) is 7.83. The predicted molar refractivity (Wildman–Crippen MR) is 95.8 cm³/mol. The molecule has 4 heteroatoms. The monoisotopic (exact) mass is 332 g/mol. The number of hydrogen-bond acceptors (Lipinski definition) is 4. The van der Waals surface area contributed by atoms with Gasteiger partial charge in [0, 0.05) is 0 Å². The summed E-state index contributed by atoms with van der Waals surface area (Å²) in [4.78, 5) is 4.76. The second kappa shape index (κ2) is 5.86. The van der Waals surface area contributed by atoms with Gasteiger partial charge in [-0.05, 0) is 29.7 Å². The molecule has 0 saturated carbocycles. The van der Waals surface area contributed by atoms with Crippen molar-refractivity contribution in [2.24, 2.45) is 0 Å². The van der Waals surface area contributed by atoms with Crippen LogP contribution in [0.2, 0.25) is 0 Å². The van der Waals surface area contributed by atoms with Crippen LogP contribution >= 0.6 is 11.3 Å². The van der Waals surface area contributed by atoms with Crippen molar-refractivity contribution in [3.05, 3.63) is 77.3 Å². The fourth-order valence-corrected chi connectivity index (χ4v) is 4.41. The van der Waals surface area contributed by atoms with Gasteiger partial charge in [-0.2, -0.15) is 5.26 Å². The van der Waals surface area contributed by atoms with Crippen LogP contribution in [0.15, 0.2) is 66.7 Å². The Kier molecular flexibility index (Phi) is 3.68. The molecule has 4 rings (SSSR count). The summed E-state index contributed by atoms with van der Waals surface area (Å²) in [7, 11) is 0. The second-order valence-electron chi connectivity index (χ2n) is 6.10. The van der Waals surface area contributed by atoms with Gasteiger partial charge >= 0.3 is 0 Å². The number of para-hydroxylation sites is 1. The van der Waals surface area contributed by atoms with E-state index < -0.39 is 5.41 Å². The number of ether oxygens (including phenoxy) is 1. The molecule has 0 unspecified atom stereocenters. The molecule has 24 heavy (non-hydrogen) atoms. The van der Waals surface area contributed by atoms with Gasteiger partial charge in [-0.3, -0.25) is 0 Å². The van der Waals surface area contributed by atoms with Crippen molar-refractivity contribution in [3.8, 4) is 6.07 Å². The van der Waals surface area contributed by atoms with Crippen LogP contribution in [0.1, 0.15) is 23.1 Å². The molecule has 2 heterocycles. The highest BCUT2D eigenvalue weighted by atomic mass is 32.1. The Hall–Kier alpha value is -2.48. The van der Waals surface area contributed by atoms with Crippen LogP contribution in [0.5, 0.6) is 0 Å². The zero-order chi connectivity index (χ0) is 16.6. The lowest BCUT2D eigenvalue weighted by molar-refractivity contribution is -0.000299. The lowest BCUT2D eigenvalue weighted by Gasteiger charge is -2.38. The molecule has 1 saturated heterocycles. The highest BCUT2D eigenvalue weighted by Gasteiger charge is 2.48. The Morgan fingerprint density at radius 1 is 1.17 bits per heavy atom. The normalized spacial score (nSPS) is 24.0. The Balaban J connectivity index is 1.90. The van der Waals surface area contributed by atoms with Gasteiger partial charge in [0.25, 0.3) is 0 Å². The summed E-state index contributed by atoms with van der Waals surface area (Å²) in [6.45, 7) is 4.55. The van der Waals surface area contributed by atoms with Gasteiger partial charge in [-0.1, -0.05) is 49.0 Å². The van der Waals surface area contributed by atoms with Gasteiger partial charge in [0.1, 0.15) is 16.5 Å². The Labute approximate surface area is 144 Å². The number of nitrogens with zero attached hydrogens (tertiary/aromatic N) is 2. The molecular formula is C20H16N2OS. The van der Waals surface area contributed by atoms with Crippen molar-refractivity contribution >= 4 is 21.6 Å². The molecule has 1 fully saturated rings. The SMILES string of the molecule is C=C1CO[C@@H](c2ccccc2)[C@](C#N)(c2nc3ccccc3s2)C1. The first-order chi connectivity index (χ1) is 11.7. The highest BCUT2D eigenvalue weighted by Crippen LogP contribution is 2.49. The van der Waals surface area contributed by atoms with Crippen molar-refractivity contribution < 1.29 is 4.74 Å². The molecule has 0 bridgehead atoms. The highest BCUT2D eigenvalue weighted by molar-refractivity contribution is 7.18. The van der Waals surface area contributed by atoms with Crippen molar-refractivity contribution in [2.45, 2.75) is 17.9 Å². The average Bonchev–Trinajstić information content (AvgIpc) is 3.07. The third kappa shape index (κ3) is 2.34. The number of fused-ring (bicyclic) bond motifs is 1. The summed E-state index contributed by atoms with van der Waals surface area (Å²) in [5.41, 5.74) is 2.03. The zero-order valence-corrected chi connectivity index (χ0v) is 13.9. The minimum absolute atomic E-state index is 0.338. The van der Waals surface area contributed by atoms with E-state index in [0.29, 0.717) is 13.0 Å². The fourth-order valence-electron chi connectivity index (χ4n) is 3.29. The third-order valence-electron chi connectivity index (χ3n) is 4.41. The minimum Gasteiger partial charge on any atom is -0.367 e. The summed E-state index contributed by atoms with van der Waals surface area (Å²) in [5.74, 6) is 0. The fraction of sp³-hybridized carbons (Fsp3) is 0.200. The molecule has 118 valence electrons. The van der Waals surface area contributed by atoms with Crippen molar-refractivity contribution in [1.82, 2.24) is 4.98 Å². The largest absolute Gasteiger partial charge is 0.367 e. The van der Waals surface area contributed by atoms with Crippen molar-refractivity contribution in [1.29, 1.82) is 5.26 Å². The molecule has 2 aromatic carbocycles. The Bertz CT molecular complexity index is 908. The molecule has 1 aliphatic rings. The Morgan fingerprint density at radius 2 is 1.92 bits per heavy atom. The molecule has 0 amide bonds. The van der Waals surface area contributed by atoms with E-state index in [1.165, 1.54) is 0 Å². The van der Waals surface area contributed by atoms with Crippen molar-refractivity contribution in [2.75, 3.05) is 6.61 Å². The molecule has 0 spiro atoms. The van der Waals surface area contributed by atoms with Crippen LogP contribution in [0.25, 0.3) is 10.2 Å². The number of hydrogen-bond donors (Lipinski definition) is 0. The maximum Gasteiger partial charge on any atom is 0.143 e. The topological polar surface area (TPSA) is 45.9 Å². The van der Waals surface area contributed by atoms with E-state index in [2.05, 4.69) is 12.6 Å². The van der Waals surface area contributed by atoms with Crippen LogP contribution in [0, 0.1) is 11.3 Å². The van der Waals surface area contributed by atoms with Gasteiger partial charge in [0.05, 0.1) is 22.9 Å². The van der Waals surface area contributed by atoms with E-state index in [1.54, 1.807) is 11.3 Å². The molecule has 0 N–H and O–H groups in total. The third-order valence-corrected chi connectivity index (χ3v) is 5.62. The van der Waals surface area contributed by atoms with E-state index in [-0.39, 0.29) is 6.10 Å². The number of aromatic nitrogens is 1. The summed E-state index contributed by atoms with van der Waals surface area (Å²) in [6, 6.07) is 20.5. The smallest absolute Gasteiger partial charge is 0.143 e. The van der Waals surface area contributed by atoms with E-state index in [1.807, 2.05) is 54.6 Å². The number of rotatable bonds is 2. The number of nitriles is 1. The van der Waals surface area contributed by atoms with E-state index in [4.69, 9.17) is 9.72 Å². The average molecular weight is 332 g/mol. The molecule has 1 aliphatic heterocycles. The maximum absolute atomic E-state index is 10.2. The van der Waals surface area contributed by atoms with E-state index >= 15 is 0 Å². The van der Waals surface area contributed by atoms with Gasteiger partial charge in [-0.15, -0.1) is 11.3 Å². The minimum atomic E-state index is -0.833. The molecule has 3 nitrogen and oxygen atoms in total. The number of thiazole rings is 1. The van der Waals surface area contributed by atoms with Gasteiger partial charge in [-0.25, -0.2) is 4.98 Å². The van der Waals surface area contributed by atoms with Crippen molar-refractivity contribution in [3.63, 3.8) is 0 Å². The standard InChI is InChI=1S/C20H16N2OS/c1-14-11-20(13-21,18(23-12-14)15-7-3-2-4-8-15)19-22-16-9-5-6-10-17(16)24-19/h2-10,18H,1,11-12H2/t18-,20-/m0/s1. The predicted octanol–water partition coefficient (Wildman–Crippen LogP) is 4.78. The van der Waals surface area contributed by atoms with E-state index in [0.717, 1.165) is 26.4 Å². The summed E-state index contributed by atoms with van der Waals surface area (Å²) in [5, 5.41) is 11.0. The molecule has 0 aliphatic carbocycles.